The van der Waals surface area contributed by atoms with Crippen molar-refractivity contribution in [2.75, 3.05) is 0 Å². The second-order valence-corrected chi connectivity index (χ2v) is 8.47. The van der Waals surface area contributed by atoms with Crippen molar-refractivity contribution in [1.29, 1.82) is 5.41 Å². The van der Waals surface area contributed by atoms with E-state index in [9.17, 15) is 18.7 Å². The molecule has 2 bridgehead atoms. The molecule has 2 atom stereocenters. The Labute approximate surface area is 181 Å². The fourth-order valence-corrected chi connectivity index (χ4v) is 5.21. The first-order chi connectivity index (χ1) is 15.4. The van der Waals surface area contributed by atoms with E-state index < -0.39 is 29.6 Å². The lowest BCUT2D eigenvalue weighted by Crippen LogP contribution is -2.56. The van der Waals surface area contributed by atoms with Crippen LogP contribution in [0.1, 0.15) is 36.9 Å². The molecule has 3 aliphatic rings. The number of nitrogens with one attached hydrogen (secondary N) is 4. The van der Waals surface area contributed by atoms with E-state index in [2.05, 4.69) is 25.3 Å². The Bertz CT molecular complexity index is 1220. The van der Waals surface area contributed by atoms with Crippen LogP contribution in [0.25, 0.3) is 11.0 Å². The molecule has 0 spiro atoms. The van der Waals surface area contributed by atoms with Crippen LogP contribution in [0.3, 0.4) is 0 Å². The summed E-state index contributed by atoms with van der Waals surface area (Å²) < 4.78 is 28.2. The molecule has 3 aromatic rings. The topological polar surface area (TPSA) is 130 Å². The maximum Gasteiger partial charge on any atom is 0.308 e. The van der Waals surface area contributed by atoms with Crippen molar-refractivity contribution in [3.8, 4) is 0 Å². The number of aliphatic carboxylic acids is 1. The van der Waals surface area contributed by atoms with Crippen LogP contribution in [0.2, 0.25) is 0 Å². The van der Waals surface area contributed by atoms with E-state index in [1.807, 2.05) is 0 Å². The summed E-state index contributed by atoms with van der Waals surface area (Å²) >= 11 is 0. The number of carboxylic acids is 1. The molecule has 3 saturated carbocycles. The molecule has 10 heteroatoms. The smallest absolute Gasteiger partial charge is 0.308 e. The molecule has 3 aliphatic carbocycles. The molecule has 0 aliphatic heterocycles. The molecule has 3 heterocycles. The molecule has 3 aromatic heterocycles. The Kier molecular flexibility index (Phi) is 4.99. The van der Waals surface area contributed by atoms with Gasteiger partial charge in [0, 0.05) is 29.4 Å². The van der Waals surface area contributed by atoms with E-state index in [-0.39, 0.29) is 29.2 Å². The summed E-state index contributed by atoms with van der Waals surface area (Å²) in [5.41, 5.74) is 0.750. The van der Waals surface area contributed by atoms with Crippen LogP contribution < -0.4 is 5.32 Å². The van der Waals surface area contributed by atoms with Gasteiger partial charge in [0.25, 0.3) is 0 Å². The van der Waals surface area contributed by atoms with E-state index >= 15 is 0 Å². The van der Waals surface area contributed by atoms with Gasteiger partial charge in [-0.1, -0.05) is 0 Å². The third-order valence-corrected chi connectivity index (χ3v) is 6.72. The summed E-state index contributed by atoms with van der Waals surface area (Å²) in [4.78, 5) is 26.0. The number of nitrogens with zero attached hydrogens (tertiary/aromatic N) is 2. The molecule has 0 unspecified atom stereocenters. The number of hydrogen-bond acceptors (Lipinski definition) is 3. The second-order valence-electron chi connectivity index (χ2n) is 8.47. The number of aromatic nitrogens is 3. The third-order valence-electron chi connectivity index (χ3n) is 6.72. The van der Waals surface area contributed by atoms with Crippen LogP contribution in [0.5, 0.6) is 0 Å². The van der Waals surface area contributed by atoms with E-state index in [0.717, 1.165) is 31.9 Å². The Hall–Kier alpha value is -3.56. The van der Waals surface area contributed by atoms with Gasteiger partial charge in [0.15, 0.2) is 17.5 Å². The van der Waals surface area contributed by atoms with E-state index in [1.54, 1.807) is 0 Å². The van der Waals surface area contributed by atoms with Gasteiger partial charge >= 0.3 is 5.97 Å². The molecule has 0 saturated heterocycles. The highest BCUT2D eigenvalue weighted by molar-refractivity contribution is 6.14. The predicted octanol–water partition coefficient (Wildman–Crippen LogP) is 3.42. The van der Waals surface area contributed by atoms with Gasteiger partial charge in [-0.05, 0) is 49.7 Å². The number of carboxylic acid groups (broad SMARTS) is 1. The number of pyridine rings is 1. The molecule has 0 amide bonds. The minimum absolute atomic E-state index is 0.0458. The maximum atomic E-state index is 14.5. The number of halogens is 2. The second kappa shape index (κ2) is 7.85. The third kappa shape index (κ3) is 3.45. The van der Waals surface area contributed by atoms with Gasteiger partial charge in [0.1, 0.15) is 17.2 Å². The Balaban J connectivity index is 1.53. The first kappa shape index (κ1) is 20.3. The first-order valence-corrected chi connectivity index (χ1v) is 10.5. The molecule has 5 N–H and O–H groups in total. The largest absolute Gasteiger partial charge is 0.481 e. The monoisotopic (exact) mass is 440 g/mol. The molecule has 166 valence electrons. The minimum Gasteiger partial charge on any atom is -0.481 e. The fourth-order valence-electron chi connectivity index (χ4n) is 5.21. The Morgan fingerprint density at radius 2 is 1.97 bits per heavy atom. The molecular formula is C22H22F2N6O2. The van der Waals surface area contributed by atoms with Gasteiger partial charge in [-0.15, -0.1) is 0 Å². The van der Waals surface area contributed by atoms with Crippen LogP contribution in [0, 0.1) is 34.8 Å². The van der Waals surface area contributed by atoms with E-state index in [0.29, 0.717) is 16.6 Å². The number of fused-ring (bicyclic) bond motifs is 4. The quantitative estimate of drug-likeness (QED) is 0.314. The molecule has 6 rings (SSSR count). The van der Waals surface area contributed by atoms with Crippen molar-refractivity contribution in [2.45, 2.75) is 31.7 Å². The van der Waals surface area contributed by atoms with Crippen LogP contribution in [0.15, 0.2) is 35.7 Å². The molecule has 32 heavy (non-hydrogen) atoms. The average Bonchev–Trinajstić information content (AvgIpc) is 3.39. The lowest BCUT2D eigenvalue weighted by molar-refractivity contribution is -0.149. The van der Waals surface area contributed by atoms with E-state index in [4.69, 9.17) is 5.41 Å². The van der Waals surface area contributed by atoms with E-state index in [1.165, 1.54) is 24.5 Å². The van der Waals surface area contributed by atoms with Gasteiger partial charge in [0.05, 0.1) is 12.1 Å². The van der Waals surface area contributed by atoms with Crippen molar-refractivity contribution in [2.24, 2.45) is 22.7 Å². The number of aliphatic imine (C=N–C) groups is 1. The summed E-state index contributed by atoms with van der Waals surface area (Å²) in [5, 5.41) is 21.9. The van der Waals surface area contributed by atoms with Gasteiger partial charge in [0.2, 0.25) is 0 Å². The van der Waals surface area contributed by atoms with Crippen LogP contribution in [-0.4, -0.2) is 43.7 Å². The maximum absolute atomic E-state index is 14.5. The SMILES string of the molecule is N=C(/N=C(/N[C@H]1C2CCC(CC2)[C@@H]1C(=O)O)c1[nH]ccc1F)c1c[nH]c2ncc(F)cc12. The number of H-pyrrole nitrogens is 2. The Morgan fingerprint density at radius 1 is 1.22 bits per heavy atom. The predicted molar refractivity (Wildman–Crippen MR) is 114 cm³/mol. The molecular weight excluding hydrogens is 418 g/mol. The standard InChI is InChI=1S/C22H22F2N6O2/c23-12-7-13-14(9-28-20(13)27-8-12)19(25)30-21(18-15(24)5-6-26-18)29-17-11-3-1-10(2-4-11)16(17)22(31)32/h5-11,16-17,26H,1-4H2,(H,27,28)(H,31,32)(H2,25,29,30)/t10?,11?,16-,17-/m0/s1. The normalized spacial score (nSPS) is 25.2. The highest BCUT2D eigenvalue weighted by atomic mass is 19.1. The zero-order valence-electron chi connectivity index (χ0n) is 17.0. The van der Waals surface area contributed by atoms with Crippen LogP contribution in [0.4, 0.5) is 8.78 Å². The number of carbonyl (C=O) groups is 1. The van der Waals surface area contributed by atoms with Crippen molar-refractivity contribution in [3.05, 3.63) is 53.6 Å². The zero-order chi connectivity index (χ0) is 22.4. The molecule has 3 fully saturated rings. The lowest BCUT2D eigenvalue weighted by Gasteiger charge is -2.47. The highest BCUT2D eigenvalue weighted by Gasteiger charge is 2.47. The lowest BCUT2D eigenvalue weighted by atomic mass is 9.61. The van der Waals surface area contributed by atoms with Crippen molar-refractivity contribution < 1.29 is 18.7 Å². The Morgan fingerprint density at radius 3 is 2.66 bits per heavy atom. The van der Waals surface area contributed by atoms with Gasteiger partial charge < -0.3 is 20.4 Å². The number of amidine groups is 2. The highest BCUT2D eigenvalue weighted by Crippen LogP contribution is 2.45. The molecule has 0 aromatic carbocycles. The van der Waals surface area contributed by atoms with Crippen LogP contribution >= 0.6 is 0 Å². The summed E-state index contributed by atoms with van der Waals surface area (Å²) in [6.07, 6.45) is 7.52. The summed E-state index contributed by atoms with van der Waals surface area (Å²) in [7, 11) is 0. The minimum atomic E-state index is -0.878. The molecule has 0 radical (unpaired) electrons. The summed E-state index contributed by atoms with van der Waals surface area (Å²) in [6, 6.07) is 2.07. The molecule has 8 nitrogen and oxygen atoms in total. The van der Waals surface area contributed by atoms with Gasteiger partial charge in [-0.3, -0.25) is 10.2 Å². The number of hydrogen-bond donors (Lipinski definition) is 5. The number of rotatable bonds is 4. The average molecular weight is 440 g/mol. The van der Waals surface area contributed by atoms with Crippen molar-refractivity contribution in [1.82, 2.24) is 20.3 Å². The fraction of sp³-hybridized carbons (Fsp3) is 0.364. The van der Waals surface area contributed by atoms with Crippen molar-refractivity contribution >= 4 is 28.7 Å². The van der Waals surface area contributed by atoms with Crippen LogP contribution in [-0.2, 0) is 4.79 Å². The number of aromatic amines is 2. The van der Waals surface area contributed by atoms with Gasteiger partial charge in [-0.2, -0.15) is 0 Å². The summed E-state index contributed by atoms with van der Waals surface area (Å²) in [6.45, 7) is 0. The van der Waals surface area contributed by atoms with Gasteiger partial charge in [-0.25, -0.2) is 18.8 Å². The summed E-state index contributed by atoms with van der Waals surface area (Å²) in [5.74, 6) is -2.58. The zero-order valence-corrected chi connectivity index (χ0v) is 17.0. The van der Waals surface area contributed by atoms with Crippen molar-refractivity contribution in [3.63, 3.8) is 0 Å². The first-order valence-electron chi connectivity index (χ1n) is 10.5.